The number of para-hydroxylation sites is 1. The summed E-state index contributed by atoms with van der Waals surface area (Å²) < 4.78 is 1.88. The fourth-order valence-corrected chi connectivity index (χ4v) is 3.46. The lowest BCUT2D eigenvalue weighted by atomic mass is 10.0. The number of likely N-dealkylation sites (tertiary alicyclic amines) is 1. The van der Waals surface area contributed by atoms with Crippen LogP contribution in [0.25, 0.3) is 5.69 Å². The van der Waals surface area contributed by atoms with Crippen LogP contribution < -0.4 is 5.32 Å². The van der Waals surface area contributed by atoms with Gasteiger partial charge in [-0.3, -0.25) is 9.69 Å². The van der Waals surface area contributed by atoms with Gasteiger partial charge in [-0.15, -0.1) is 0 Å². The van der Waals surface area contributed by atoms with Crippen molar-refractivity contribution in [2.75, 3.05) is 25.0 Å². The van der Waals surface area contributed by atoms with Gasteiger partial charge in [0.1, 0.15) is 0 Å². The maximum Gasteiger partial charge on any atom is 0.238 e. The van der Waals surface area contributed by atoms with Gasteiger partial charge in [-0.25, -0.2) is 4.68 Å². The predicted octanol–water partition coefficient (Wildman–Crippen LogP) is 3.16. The van der Waals surface area contributed by atoms with E-state index in [1.54, 1.807) is 0 Å². The largest absolute Gasteiger partial charge is 0.322 e. The molecule has 3 rings (SSSR count). The second kappa shape index (κ2) is 7.18. The molecule has 0 radical (unpaired) electrons. The number of aromatic nitrogens is 2. The number of anilines is 1. The molecule has 24 heavy (non-hydrogen) atoms. The number of carbonyl (C=O) groups is 1. The Bertz CT molecular complexity index is 708. The number of hydrogen-bond acceptors (Lipinski definition) is 3. The molecule has 1 aliphatic heterocycles. The van der Waals surface area contributed by atoms with Crippen molar-refractivity contribution in [3.8, 4) is 5.69 Å². The number of amides is 1. The molecular weight excluding hydrogens is 300 g/mol. The summed E-state index contributed by atoms with van der Waals surface area (Å²) in [6.45, 7) is 8.66. The molecule has 1 fully saturated rings. The number of carbonyl (C=O) groups excluding carboxylic acids is 1. The Morgan fingerprint density at radius 3 is 2.75 bits per heavy atom. The highest BCUT2D eigenvalue weighted by molar-refractivity contribution is 5.93. The van der Waals surface area contributed by atoms with Crippen molar-refractivity contribution in [3.05, 3.63) is 41.7 Å². The van der Waals surface area contributed by atoms with Crippen LogP contribution in [0.2, 0.25) is 0 Å². The van der Waals surface area contributed by atoms with E-state index in [0.717, 1.165) is 35.9 Å². The van der Waals surface area contributed by atoms with E-state index in [1.165, 1.54) is 12.8 Å². The Morgan fingerprint density at radius 1 is 1.29 bits per heavy atom. The van der Waals surface area contributed by atoms with Crippen molar-refractivity contribution in [3.63, 3.8) is 0 Å². The normalized spacial score (nSPS) is 18.5. The fourth-order valence-electron chi connectivity index (χ4n) is 3.46. The molecule has 0 bridgehead atoms. The van der Waals surface area contributed by atoms with Crippen molar-refractivity contribution >= 4 is 11.6 Å². The Hall–Kier alpha value is -2.14. The number of nitrogens with one attached hydrogen (secondary N) is 1. The summed E-state index contributed by atoms with van der Waals surface area (Å²) in [6, 6.07) is 9.99. The molecule has 1 aliphatic rings. The molecule has 1 atom stereocenters. The Labute approximate surface area is 143 Å². The average molecular weight is 326 g/mol. The summed E-state index contributed by atoms with van der Waals surface area (Å²) in [5.41, 5.74) is 3.63. The van der Waals surface area contributed by atoms with E-state index in [0.29, 0.717) is 12.5 Å². The van der Waals surface area contributed by atoms with Gasteiger partial charge in [0.15, 0.2) is 0 Å². The third kappa shape index (κ3) is 3.67. The molecule has 128 valence electrons. The standard InChI is InChI=1S/C19H26N4O/c1-14-8-7-11-22(12-14)13-18(24)20-19-15(2)21-23(16(19)3)17-9-5-4-6-10-17/h4-6,9-10,14H,7-8,11-13H2,1-3H3,(H,20,24)/t14-/m0/s1. The van der Waals surface area contributed by atoms with Gasteiger partial charge < -0.3 is 5.32 Å². The van der Waals surface area contributed by atoms with E-state index in [-0.39, 0.29) is 5.91 Å². The van der Waals surface area contributed by atoms with Crippen LogP contribution in [-0.2, 0) is 4.79 Å². The Morgan fingerprint density at radius 2 is 2.04 bits per heavy atom. The minimum absolute atomic E-state index is 0.0444. The van der Waals surface area contributed by atoms with Crippen LogP contribution in [0, 0.1) is 19.8 Å². The molecule has 5 nitrogen and oxygen atoms in total. The topological polar surface area (TPSA) is 50.2 Å². The van der Waals surface area contributed by atoms with Crippen molar-refractivity contribution in [2.24, 2.45) is 5.92 Å². The highest BCUT2D eigenvalue weighted by atomic mass is 16.2. The molecule has 0 aliphatic carbocycles. The van der Waals surface area contributed by atoms with Gasteiger partial charge in [-0.1, -0.05) is 25.1 Å². The molecule has 1 amide bonds. The predicted molar refractivity (Wildman–Crippen MR) is 96.5 cm³/mol. The van der Waals surface area contributed by atoms with Crippen LogP contribution >= 0.6 is 0 Å². The summed E-state index contributed by atoms with van der Waals surface area (Å²) in [4.78, 5) is 14.7. The van der Waals surface area contributed by atoms with Gasteiger partial charge in [0, 0.05) is 6.54 Å². The van der Waals surface area contributed by atoms with Crippen molar-refractivity contribution in [1.29, 1.82) is 0 Å². The van der Waals surface area contributed by atoms with E-state index < -0.39 is 0 Å². The first-order valence-electron chi connectivity index (χ1n) is 8.68. The molecule has 1 N–H and O–H groups in total. The zero-order valence-corrected chi connectivity index (χ0v) is 14.7. The van der Waals surface area contributed by atoms with Crippen molar-refractivity contribution in [1.82, 2.24) is 14.7 Å². The number of aryl methyl sites for hydroxylation is 1. The zero-order chi connectivity index (χ0) is 17.1. The maximum atomic E-state index is 12.4. The minimum Gasteiger partial charge on any atom is -0.322 e. The van der Waals surface area contributed by atoms with Gasteiger partial charge >= 0.3 is 0 Å². The van der Waals surface area contributed by atoms with Gasteiger partial charge in [0.2, 0.25) is 5.91 Å². The number of rotatable bonds is 4. The lowest BCUT2D eigenvalue weighted by molar-refractivity contribution is -0.117. The highest BCUT2D eigenvalue weighted by Gasteiger charge is 2.20. The van der Waals surface area contributed by atoms with Crippen LogP contribution in [0.1, 0.15) is 31.2 Å². The molecule has 1 aromatic carbocycles. The number of piperidine rings is 1. The molecule has 2 aromatic rings. The van der Waals surface area contributed by atoms with Crippen LogP contribution in [-0.4, -0.2) is 40.2 Å². The Kier molecular flexibility index (Phi) is 5.00. The molecule has 1 saturated heterocycles. The summed E-state index contributed by atoms with van der Waals surface area (Å²) in [5.74, 6) is 0.721. The number of nitrogens with zero attached hydrogens (tertiary/aromatic N) is 3. The van der Waals surface area contributed by atoms with E-state index in [4.69, 9.17) is 0 Å². The summed E-state index contributed by atoms with van der Waals surface area (Å²) in [7, 11) is 0. The molecule has 1 aromatic heterocycles. The van der Waals surface area contributed by atoms with E-state index >= 15 is 0 Å². The average Bonchev–Trinajstić information content (AvgIpc) is 2.84. The molecular formula is C19H26N4O. The van der Waals surface area contributed by atoms with Crippen molar-refractivity contribution < 1.29 is 4.79 Å². The first-order chi connectivity index (χ1) is 11.5. The van der Waals surface area contributed by atoms with Gasteiger partial charge in [0.25, 0.3) is 0 Å². The highest BCUT2D eigenvalue weighted by Crippen LogP contribution is 2.23. The molecule has 2 heterocycles. The van der Waals surface area contributed by atoms with Crippen LogP contribution in [0.4, 0.5) is 5.69 Å². The van der Waals surface area contributed by atoms with E-state index in [1.807, 2.05) is 48.9 Å². The second-order valence-electron chi connectivity index (χ2n) is 6.82. The summed E-state index contributed by atoms with van der Waals surface area (Å²) in [5, 5.41) is 7.65. The first-order valence-corrected chi connectivity index (χ1v) is 8.68. The smallest absolute Gasteiger partial charge is 0.238 e. The molecule has 0 unspecified atom stereocenters. The fraction of sp³-hybridized carbons (Fsp3) is 0.474. The van der Waals surface area contributed by atoms with Crippen LogP contribution in [0.3, 0.4) is 0 Å². The van der Waals surface area contributed by atoms with E-state index in [2.05, 4.69) is 22.2 Å². The molecule has 0 saturated carbocycles. The molecule has 0 spiro atoms. The number of benzene rings is 1. The van der Waals surface area contributed by atoms with Crippen LogP contribution in [0.5, 0.6) is 0 Å². The quantitative estimate of drug-likeness (QED) is 0.939. The summed E-state index contributed by atoms with van der Waals surface area (Å²) >= 11 is 0. The third-order valence-corrected chi connectivity index (χ3v) is 4.66. The van der Waals surface area contributed by atoms with Crippen molar-refractivity contribution in [2.45, 2.75) is 33.6 Å². The summed E-state index contributed by atoms with van der Waals surface area (Å²) in [6.07, 6.45) is 2.44. The number of hydrogen-bond donors (Lipinski definition) is 1. The Balaban J connectivity index is 1.71. The lowest BCUT2D eigenvalue weighted by Crippen LogP contribution is -2.39. The second-order valence-corrected chi connectivity index (χ2v) is 6.82. The first kappa shape index (κ1) is 16.7. The SMILES string of the molecule is Cc1nn(-c2ccccc2)c(C)c1NC(=O)CN1CCC[C@H](C)C1. The minimum atomic E-state index is 0.0444. The lowest BCUT2D eigenvalue weighted by Gasteiger charge is -2.30. The van der Waals surface area contributed by atoms with Crippen LogP contribution in [0.15, 0.2) is 30.3 Å². The zero-order valence-electron chi connectivity index (χ0n) is 14.7. The van der Waals surface area contributed by atoms with E-state index in [9.17, 15) is 4.79 Å². The van der Waals surface area contributed by atoms with Gasteiger partial charge in [-0.2, -0.15) is 5.10 Å². The maximum absolute atomic E-state index is 12.4. The molecule has 5 heteroatoms. The third-order valence-electron chi connectivity index (χ3n) is 4.66. The monoisotopic (exact) mass is 326 g/mol. The van der Waals surface area contributed by atoms with Gasteiger partial charge in [-0.05, 0) is 51.3 Å². The van der Waals surface area contributed by atoms with Gasteiger partial charge in [0.05, 0.1) is 29.3 Å².